The molecule has 0 aliphatic carbocycles. The van der Waals surface area contributed by atoms with Gasteiger partial charge in [0, 0.05) is 17.3 Å². The highest BCUT2D eigenvalue weighted by atomic mass is 35.5. The van der Waals surface area contributed by atoms with Crippen LogP contribution in [-0.4, -0.2) is 15.3 Å². The maximum absolute atomic E-state index is 12.7. The fraction of sp³-hybridized carbons (Fsp3) is 0.150. The molecule has 0 spiro atoms. The minimum Gasteiger partial charge on any atom is -0.491 e. The first-order valence-electron chi connectivity index (χ1n) is 8.34. The predicted molar refractivity (Wildman–Crippen MR) is 108 cm³/mol. The monoisotopic (exact) mass is 402 g/mol. The first-order valence-corrected chi connectivity index (χ1v) is 9.86. The third-order valence-electron chi connectivity index (χ3n) is 3.42. The van der Waals surface area contributed by atoms with E-state index in [0.29, 0.717) is 27.1 Å². The fourth-order valence-electron chi connectivity index (χ4n) is 2.27. The van der Waals surface area contributed by atoms with Crippen molar-refractivity contribution in [3.05, 3.63) is 72.0 Å². The number of benzene rings is 2. The topological polar surface area (TPSA) is 60.5 Å². The third-order valence-corrected chi connectivity index (χ3v) is 4.76. The highest BCUT2D eigenvalue weighted by molar-refractivity contribution is 7.86. The minimum atomic E-state index is -1.47. The number of nitrogens with one attached hydrogen (secondary N) is 1. The lowest BCUT2D eigenvalue weighted by Crippen LogP contribution is -2.07. The Bertz CT molecular complexity index is 918. The van der Waals surface area contributed by atoms with Crippen LogP contribution in [0.1, 0.15) is 13.8 Å². The zero-order chi connectivity index (χ0) is 19.2. The molecular formula is C20H19ClN2O3S. The second-order valence-electron chi connectivity index (χ2n) is 5.94. The third kappa shape index (κ3) is 5.45. The molecule has 2 aromatic carbocycles. The van der Waals surface area contributed by atoms with Gasteiger partial charge in [-0.2, -0.15) is 0 Å². The summed E-state index contributed by atoms with van der Waals surface area (Å²) >= 11 is 6.08. The molecule has 0 fully saturated rings. The molecule has 5 nitrogen and oxygen atoms in total. The van der Waals surface area contributed by atoms with Crippen LogP contribution in [0.3, 0.4) is 0 Å². The van der Waals surface area contributed by atoms with Crippen molar-refractivity contribution in [2.75, 3.05) is 4.72 Å². The van der Waals surface area contributed by atoms with E-state index in [4.69, 9.17) is 21.1 Å². The smallest absolute Gasteiger partial charge is 0.152 e. The van der Waals surface area contributed by atoms with Crippen molar-refractivity contribution in [1.82, 2.24) is 4.98 Å². The molecular weight excluding hydrogens is 384 g/mol. The molecule has 1 N–H and O–H groups in total. The van der Waals surface area contributed by atoms with Gasteiger partial charge in [0.25, 0.3) is 0 Å². The average molecular weight is 403 g/mol. The molecule has 0 saturated carbocycles. The molecule has 27 heavy (non-hydrogen) atoms. The largest absolute Gasteiger partial charge is 0.491 e. The highest BCUT2D eigenvalue weighted by Gasteiger charge is 2.11. The van der Waals surface area contributed by atoms with Crippen LogP contribution < -0.4 is 14.2 Å². The summed E-state index contributed by atoms with van der Waals surface area (Å²) < 4.78 is 27.1. The van der Waals surface area contributed by atoms with E-state index in [1.807, 2.05) is 13.8 Å². The Kier molecular flexibility index (Phi) is 6.32. The highest BCUT2D eigenvalue weighted by Crippen LogP contribution is 2.33. The van der Waals surface area contributed by atoms with Crippen LogP contribution in [0.15, 0.2) is 71.9 Å². The molecule has 3 aromatic rings. The van der Waals surface area contributed by atoms with E-state index in [-0.39, 0.29) is 6.10 Å². The summed E-state index contributed by atoms with van der Waals surface area (Å²) in [4.78, 5) is 4.64. The maximum atomic E-state index is 12.7. The number of halogens is 1. The van der Waals surface area contributed by atoms with Crippen molar-refractivity contribution in [1.29, 1.82) is 0 Å². The van der Waals surface area contributed by atoms with Gasteiger partial charge < -0.3 is 9.47 Å². The molecule has 0 bridgehead atoms. The second-order valence-corrected chi connectivity index (χ2v) is 7.59. The van der Waals surface area contributed by atoms with Gasteiger partial charge in [0.1, 0.15) is 22.5 Å². The number of hydrogen-bond donors (Lipinski definition) is 1. The number of pyridine rings is 1. The minimum absolute atomic E-state index is 0.0840. The molecule has 1 aromatic heterocycles. The van der Waals surface area contributed by atoms with Crippen molar-refractivity contribution in [3.63, 3.8) is 0 Å². The van der Waals surface area contributed by atoms with Crippen molar-refractivity contribution in [2.24, 2.45) is 0 Å². The Hall–Kier alpha value is -2.57. The first kappa shape index (κ1) is 19.2. The van der Waals surface area contributed by atoms with Gasteiger partial charge >= 0.3 is 0 Å². The molecule has 140 valence electrons. The second kappa shape index (κ2) is 8.88. The molecule has 0 amide bonds. The molecule has 0 aliphatic heterocycles. The predicted octanol–water partition coefficient (Wildman–Crippen LogP) is 5.45. The number of hydrogen-bond acceptors (Lipinski definition) is 4. The summed E-state index contributed by atoms with van der Waals surface area (Å²) in [5, 5.41) is 0.514. The fourth-order valence-corrected chi connectivity index (χ4v) is 3.30. The summed E-state index contributed by atoms with van der Waals surface area (Å²) in [6.45, 7) is 3.91. The van der Waals surface area contributed by atoms with Crippen LogP contribution in [0.4, 0.5) is 5.69 Å². The van der Waals surface area contributed by atoms with Crippen LogP contribution in [0.2, 0.25) is 5.02 Å². The molecule has 3 rings (SSSR count). The normalized spacial score (nSPS) is 11.9. The summed E-state index contributed by atoms with van der Waals surface area (Å²) in [7, 11) is -1.47. The molecule has 0 radical (unpaired) electrons. The van der Waals surface area contributed by atoms with Gasteiger partial charge in [-0.3, -0.25) is 9.71 Å². The number of ether oxygens (including phenoxy) is 2. The van der Waals surface area contributed by atoms with Crippen LogP contribution in [0, 0.1) is 0 Å². The van der Waals surface area contributed by atoms with Gasteiger partial charge in [0.05, 0.1) is 22.9 Å². The lowest BCUT2D eigenvalue weighted by atomic mass is 10.3. The summed E-state index contributed by atoms with van der Waals surface area (Å²) in [5.74, 6) is 1.75. The van der Waals surface area contributed by atoms with Crippen molar-refractivity contribution in [2.45, 2.75) is 24.8 Å². The lowest BCUT2D eigenvalue weighted by Gasteiger charge is -2.13. The number of rotatable bonds is 7. The molecule has 1 atom stereocenters. The molecule has 7 heteroatoms. The van der Waals surface area contributed by atoms with Crippen LogP contribution >= 0.6 is 11.6 Å². The van der Waals surface area contributed by atoms with Gasteiger partial charge in [-0.1, -0.05) is 11.6 Å². The molecule has 0 aliphatic rings. The van der Waals surface area contributed by atoms with Crippen LogP contribution in [-0.2, 0) is 11.0 Å². The van der Waals surface area contributed by atoms with Gasteiger partial charge in [-0.25, -0.2) is 4.21 Å². The van der Waals surface area contributed by atoms with Crippen molar-refractivity contribution >= 4 is 28.3 Å². The van der Waals surface area contributed by atoms with Gasteiger partial charge in [0.2, 0.25) is 0 Å². The Balaban J connectivity index is 1.77. The SMILES string of the molecule is CC(C)Oc1ccc(S(=O)Nc2ccc(Cl)cc2Oc2cccnc2)cc1. The molecule has 0 saturated heterocycles. The van der Waals surface area contributed by atoms with E-state index in [1.54, 1.807) is 67.0 Å². The van der Waals surface area contributed by atoms with E-state index in [2.05, 4.69) is 9.71 Å². The maximum Gasteiger partial charge on any atom is 0.152 e. The Morgan fingerprint density at radius 3 is 2.52 bits per heavy atom. The van der Waals surface area contributed by atoms with Gasteiger partial charge in [-0.05, 0) is 62.4 Å². The quantitative estimate of drug-likeness (QED) is 0.570. The van der Waals surface area contributed by atoms with Crippen LogP contribution in [0.25, 0.3) is 0 Å². The summed E-state index contributed by atoms with van der Waals surface area (Å²) in [6, 6.07) is 15.8. The Morgan fingerprint density at radius 2 is 1.85 bits per heavy atom. The van der Waals surface area contributed by atoms with Crippen molar-refractivity contribution < 1.29 is 13.7 Å². The average Bonchev–Trinajstić information content (AvgIpc) is 2.65. The summed E-state index contributed by atoms with van der Waals surface area (Å²) in [5.41, 5.74) is 0.559. The van der Waals surface area contributed by atoms with E-state index >= 15 is 0 Å². The number of anilines is 1. The molecule has 1 heterocycles. The van der Waals surface area contributed by atoms with E-state index in [1.165, 1.54) is 0 Å². The van der Waals surface area contributed by atoms with E-state index in [0.717, 1.165) is 5.75 Å². The lowest BCUT2D eigenvalue weighted by molar-refractivity contribution is 0.242. The standard InChI is InChI=1S/C20H19ClN2O3S/c1-14(2)25-16-6-8-18(9-7-16)27(24)23-19-10-5-15(21)12-20(19)26-17-4-3-11-22-13-17/h3-14,23H,1-2H3. The number of nitrogens with zero attached hydrogens (tertiary/aromatic N) is 1. The summed E-state index contributed by atoms with van der Waals surface area (Å²) in [6.07, 6.45) is 3.33. The number of aromatic nitrogens is 1. The Morgan fingerprint density at radius 1 is 1.07 bits per heavy atom. The Labute approximate surface area is 165 Å². The van der Waals surface area contributed by atoms with Crippen LogP contribution in [0.5, 0.6) is 17.2 Å². The van der Waals surface area contributed by atoms with E-state index in [9.17, 15) is 4.21 Å². The van der Waals surface area contributed by atoms with Gasteiger partial charge in [-0.15, -0.1) is 0 Å². The van der Waals surface area contributed by atoms with E-state index < -0.39 is 11.0 Å². The zero-order valence-electron chi connectivity index (χ0n) is 14.9. The van der Waals surface area contributed by atoms with Gasteiger partial charge in [0.15, 0.2) is 5.75 Å². The first-order chi connectivity index (χ1) is 13.0. The molecule has 1 unspecified atom stereocenters. The zero-order valence-corrected chi connectivity index (χ0v) is 16.5. The van der Waals surface area contributed by atoms with Crippen molar-refractivity contribution in [3.8, 4) is 17.2 Å².